The molecule has 0 aromatic heterocycles. The summed E-state index contributed by atoms with van der Waals surface area (Å²) in [5, 5.41) is 0. The van der Waals surface area contributed by atoms with Gasteiger partial charge in [-0.2, -0.15) is 0 Å². The summed E-state index contributed by atoms with van der Waals surface area (Å²) in [6.07, 6.45) is 2.36. The van der Waals surface area contributed by atoms with Crippen LogP contribution in [0.15, 0.2) is 0 Å². The first-order valence-corrected chi connectivity index (χ1v) is 5.61. The van der Waals surface area contributed by atoms with Crippen molar-refractivity contribution in [2.24, 2.45) is 0 Å². The van der Waals surface area contributed by atoms with Crippen LogP contribution in [-0.4, -0.2) is 18.0 Å². The maximum absolute atomic E-state index is 5.26. The van der Waals surface area contributed by atoms with Gasteiger partial charge in [-0.25, -0.2) is 0 Å². The minimum atomic E-state index is 0.489. The lowest BCUT2D eigenvalue weighted by Gasteiger charge is -2.06. The molecule has 0 amide bonds. The Bertz CT molecular complexity index is 139. The summed E-state index contributed by atoms with van der Waals surface area (Å²) in [6, 6.07) is 0. The summed E-state index contributed by atoms with van der Waals surface area (Å²) in [5.74, 6) is 2.84. The normalized spacial score (nSPS) is 11.9. The number of hydrogen-bond acceptors (Lipinski definition) is 1. The molecule has 0 radical (unpaired) electrons. The van der Waals surface area contributed by atoms with Gasteiger partial charge >= 0.3 is 0 Å². The first-order valence-electron chi connectivity index (χ1n) is 3.61. The molecule has 0 aliphatic carbocycles. The van der Waals surface area contributed by atoms with E-state index in [2.05, 4.69) is 32.7 Å². The van der Waals surface area contributed by atoms with E-state index in [0.29, 0.717) is 11.4 Å². The third-order valence-corrected chi connectivity index (χ3v) is 2.25. The average molecular weight is 331 g/mol. The van der Waals surface area contributed by atoms with Crippen LogP contribution in [0, 0.1) is 9.85 Å². The molecule has 0 saturated carbocycles. The van der Waals surface area contributed by atoms with E-state index in [1.54, 1.807) is 0 Å². The lowest BCUT2D eigenvalue weighted by atomic mass is 10.3. The Morgan fingerprint density at radius 3 is 2.91 bits per heavy atom. The molecule has 0 spiro atoms. The summed E-state index contributed by atoms with van der Waals surface area (Å²) in [5.41, 5.74) is 0. The lowest BCUT2D eigenvalue weighted by molar-refractivity contribution is 0.167. The van der Waals surface area contributed by atoms with E-state index >= 15 is 0 Å². The van der Waals surface area contributed by atoms with Gasteiger partial charge in [0.05, 0.1) is 6.61 Å². The smallest absolute Gasteiger partial charge is 0.108 e. The van der Waals surface area contributed by atoms with Gasteiger partial charge in [-0.05, 0) is 10.3 Å². The van der Waals surface area contributed by atoms with Crippen LogP contribution >= 0.6 is 38.5 Å². The van der Waals surface area contributed by atoms with E-state index in [0.717, 1.165) is 13.0 Å². The third kappa shape index (κ3) is 8.64. The standard InChI is InChI=1S/C8H12BrIO/c1-2-4-8(9)7-11-6-3-5-10/h8H,2,4,6-7H2,1H3. The second-order valence-corrected chi connectivity index (χ2v) is 4.01. The van der Waals surface area contributed by atoms with Gasteiger partial charge in [0.1, 0.15) is 6.61 Å². The molecule has 1 nitrogen and oxygen atoms in total. The lowest BCUT2D eigenvalue weighted by Crippen LogP contribution is -2.08. The largest absolute Gasteiger partial charge is 0.368 e. The molecule has 0 rings (SSSR count). The van der Waals surface area contributed by atoms with Crippen LogP contribution in [0.2, 0.25) is 0 Å². The summed E-state index contributed by atoms with van der Waals surface area (Å²) < 4.78 is 8.02. The van der Waals surface area contributed by atoms with Crippen molar-refractivity contribution < 1.29 is 4.74 Å². The molecule has 1 unspecified atom stereocenters. The molecule has 0 fully saturated rings. The van der Waals surface area contributed by atoms with Crippen LogP contribution in [0.1, 0.15) is 19.8 Å². The number of rotatable bonds is 5. The highest BCUT2D eigenvalue weighted by Crippen LogP contribution is 2.07. The van der Waals surface area contributed by atoms with E-state index in [1.165, 1.54) is 6.42 Å². The van der Waals surface area contributed by atoms with Gasteiger partial charge in [-0.15, -0.1) is 0 Å². The predicted molar refractivity (Wildman–Crippen MR) is 60.2 cm³/mol. The Morgan fingerprint density at radius 2 is 2.36 bits per heavy atom. The Kier molecular flexibility index (Phi) is 9.41. The molecule has 0 saturated heterocycles. The van der Waals surface area contributed by atoms with Crippen LogP contribution in [0.3, 0.4) is 0 Å². The van der Waals surface area contributed by atoms with Gasteiger partial charge < -0.3 is 4.74 Å². The molecule has 0 N–H and O–H groups in total. The Labute approximate surface area is 90.5 Å². The van der Waals surface area contributed by atoms with Crippen molar-refractivity contribution in [1.82, 2.24) is 0 Å². The second-order valence-electron chi connectivity index (χ2n) is 2.17. The number of alkyl halides is 1. The van der Waals surface area contributed by atoms with Crippen molar-refractivity contribution >= 4 is 38.5 Å². The van der Waals surface area contributed by atoms with Gasteiger partial charge in [0.25, 0.3) is 0 Å². The van der Waals surface area contributed by atoms with Crippen molar-refractivity contribution in [3.63, 3.8) is 0 Å². The zero-order valence-electron chi connectivity index (χ0n) is 6.57. The summed E-state index contributed by atoms with van der Waals surface area (Å²) >= 11 is 5.52. The van der Waals surface area contributed by atoms with Crippen molar-refractivity contribution in [3.8, 4) is 9.85 Å². The number of hydrogen-bond donors (Lipinski definition) is 0. The van der Waals surface area contributed by atoms with Crippen molar-refractivity contribution in [2.45, 2.75) is 24.6 Å². The van der Waals surface area contributed by atoms with E-state index < -0.39 is 0 Å². The predicted octanol–water partition coefficient (Wildman–Crippen LogP) is 2.96. The molecule has 0 aliphatic rings. The molecule has 11 heavy (non-hydrogen) atoms. The van der Waals surface area contributed by atoms with Crippen LogP contribution < -0.4 is 0 Å². The Balaban J connectivity index is 3.14. The first kappa shape index (κ1) is 11.7. The van der Waals surface area contributed by atoms with Gasteiger partial charge in [0.15, 0.2) is 0 Å². The van der Waals surface area contributed by atoms with Gasteiger partial charge in [-0.1, -0.05) is 35.2 Å². The molecule has 0 aromatic rings. The maximum Gasteiger partial charge on any atom is 0.108 e. The fourth-order valence-corrected chi connectivity index (χ4v) is 1.46. The Hall–Kier alpha value is 0.730. The van der Waals surface area contributed by atoms with E-state index in [1.807, 2.05) is 22.6 Å². The SMILES string of the molecule is CCCC(Br)COCC#CI. The summed E-state index contributed by atoms with van der Waals surface area (Å²) in [7, 11) is 0. The molecular formula is C8H12BrIO. The van der Waals surface area contributed by atoms with Crippen molar-refractivity contribution in [3.05, 3.63) is 0 Å². The fraction of sp³-hybridized carbons (Fsp3) is 0.750. The van der Waals surface area contributed by atoms with E-state index in [-0.39, 0.29) is 0 Å². The number of ether oxygens (including phenoxy) is 1. The highest BCUT2D eigenvalue weighted by atomic mass is 127. The number of halogens is 2. The highest BCUT2D eigenvalue weighted by molar-refractivity contribution is 14.1. The summed E-state index contributed by atoms with van der Waals surface area (Å²) in [4.78, 5) is 0.489. The molecule has 0 bridgehead atoms. The van der Waals surface area contributed by atoms with Crippen LogP contribution in [0.5, 0.6) is 0 Å². The molecule has 0 aromatic carbocycles. The van der Waals surface area contributed by atoms with Crippen molar-refractivity contribution in [1.29, 1.82) is 0 Å². The average Bonchev–Trinajstić information content (AvgIpc) is 1.99. The van der Waals surface area contributed by atoms with Crippen molar-refractivity contribution in [2.75, 3.05) is 13.2 Å². The van der Waals surface area contributed by atoms with Crippen LogP contribution in [0.25, 0.3) is 0 Å². The quantitative estimate of drug-likeness (QED) is 0.326. The molecule has 1 atom stereocenters. The van der Waals surface area contributed by atoms with Crippen LogP contribution in [0.4, 0.5) is 0 Å². The van der Waals surface area contributed by atoms with Crippen LogP contribution in [-0.2, 0) is 4.74 Å². The minimum Gasteiger partial charge on any atom is -0.368 e. The van der Waals surface area contributed by atoms with Gasteiger partial charge in [0.2, 0.25) is 0 Å². The minimum absolute atomic E-state index is 0.489. The molecule has 0 heterocycles. The van der Waals surface area contributed by atoms with E-state index in [4.69, 9.17) is 4.74 Å². The van der Waals surface area contributed by atoms with Gasteiger partial charge in [0, 0.05) is 27.4 Å². The molecule has 64 valence electrons. The molecular weight excluding hydrogens is 319 g/mol. The zero-order chi connectivity index (χ0) is 8.53. The van der Waals surface area contributed by atoms with E-state index in [9.17, 15) is 0 Å². The van der Waals surface area contributed by atoms with Gasteiger partial charge in [-0.3, -0.25) is 0 Å². The zero-order valence-corrected chi connectivity index (χ0v) is 10.3. The monoisotopic (exact) mass is 330 g/mol. The molecule has 3 heteroatoms. The third-order valence-electron chi connectivity index (χ3n) is 1.14. The second kappa shape index (κ2) is 8.82. The maximum atomic E-state index is 5.26. The summed E-state index contributed by atoms with van der Waals surface area (Å²) in [6.45, 7) is 3.48. The first-order chi connectivity index (χ1) is 5.31. The highest BCUT2D eigenvalue weighted by Gasteiger charge is 2.00. The molecule has 0 aliphatic heterocycles. The fourth-order valence-electron chi connectivity index (χ4n) is 0.662. The Morgan fingerprint density at radius 1 is 1.64 bits per heavy atom. The topological polar surface area (TPSA) is 9.23 Å².